The molecule has 1 aromatic rings. The average Bonchev–Trinajstić information content (AvgIpc) is 2.67. The van der Waals surface area contributed by atoms with Gasteiger partial charge in [-0.05, 0) is 27.2 Å². The Morgan fingerprint density at radius 2 is 2.00 bits per heavy atom. The molecule has 23 heavy (non-hydrogen) atoms. The van der Waals surface area contributed by atoms with Crippen LogP contribution in [0.5, 0.6) is 0 Å². The van der Waals surface area contributed by atoms with Crippen LogP contribution >= 0.6 is 0 Å². The smallest absolute Gasteiger partial charge is 0.410 e. The molecule has 0 N–H and O–H groups in total. The van der Waals surface area contributed by atoms with E-state index in [2.05, 4.69) is 11.7 Å². The molecular formula is C16H23N3O4. The molecule has 2 heterocycles. The van der Waals surface area contributed by atoms with Crippen LogP contribution in [0.15, 0.2) is 6.58 Å². The summed E-state index contributed by atoms with van der Waals surface area (Å²) in [5.74, 6) is -0.510. The number of esters is 1. The third kappa shape index (κ3) is 3.72. The standard InChI is InChI=1S/C16H23N3O4/c1-6-11-12-10-18(15(21)23-16(2,3)4)8-7-9-19(12)17-13(11)14(20)22-5/h6H,1,7-10H2,2-5H3. The number of fused-ring (bicyclic) bond motifs is 1. The molecule has 1 aromatic heterocycles. The van der Waals surface area contributed by atoms with E-state index in [1.54, 1.807) is 15.7 Å². The topological polar surface area (TPSA) is 73.7 Å². The molecule has 0 unspecified atom stereocenters. The summed E-state index contributed by atoms with van der Waals surface area (Å²) in [5, 5.41) is 4.31. The van der Waals surface area contributed by atoms with Gasteiger partial charge in [0.2, 0.25) is 0 Å². The van der Waals surface area contributed by atoms with Crippen molar-refractivity contribution in [1.82, 2.24) is 14.7 Å². The molecular weight excluding hydrogens is 298 g/mol. The van der Waals surface area contributed by atoms with Crippen molar-refractivity contribution in [2.75, 3.05) is 13.7 Å². The predicted molar refractivity (Wildman–Crippen MR) is 84.9 cm³/mol. The van der Waals surface area contributed by atoms with Gasteiger partial charge in [0.05, 0.1) is 19.3 Å². The predicted octanol–water partition coefficient (Wildman–Crippen LogP) is 2.45. The van der Waals surface area contributed by atoms with E-state index < -0.39 is 11.6 Å². The maximum Gasteiger partial charge on any atom is 0.410 e. The molecule has 0 fully saturated rings. The molecule has 1 aliphatic heterocycles. The summed E-state index contributed by atoms with van der Waals surface area (Å²) in [7, 11) is 1.31. The van der Waals surface area contributed by atoms with Crippen LogP contribution in [0.4, 0.5) is 4.79 Å². The van der Waals surface area contributed by atoms with Crippen molar-refractivity contribution in [3.63, 3.8) is 0 Å². The lowest BCUT2D eigenvalue weighted by molar-refractivity contribution is 0.0236. The summed E-state index contributed by atoms with van der Waals surface area (Å²) in [6.07, 6.45) is 1.93. The van der Waals surface area contributed by atoms with Gasteiger partial charge in [-0.25, -0.2) is 9.59 Å². The van der Waals surface area contributed by atoms with Gasteiger partial charge in [0.25, 0.3) is 0 Å². The average molecular weight is 321 g/mol. The molecule has 0 aliphatic carbocycles. The van der Waals surface area contributed by atoms with E-state index in [-0.39, 0.29) is 11.8 Å². The number of rotatable bonds is 2. The molecule has 0 saturated carbocycles. The van der Waals surface area contributed by atoms with Crippen LogP contribution in [0.1, 0.15) is 48.9 Å². The molecule has 0 bridgehead atoms. The van der Waals surface area contributed by atoms with Gasteiger partial charge in [0.15, 0.2) is 5.69 Å². The van der Waals surface area contributed by atoms with Crippen LogP contribution in [0.25, 0.3) is 6.08 Å². The number of carbonyl (C=O) groups excluding carboxylic acids is 2. The van der Waals surface area contributed by atoms with E-state index in [4.69, 9.17) is 9.47 Å². The number of nitrogens with zero attached hydrogens (tertiary/aromatic N) is 3. The van der Waals surface area contributed by atoms with E-state index in [0.29, 0.717) is 25.2 Å². The first-order valence-corrected chi connectivity index (χ1v) is 7.55. The third-order valence-electron chi connectivity index (χ3n) is 3.47. The van der Waals surface area contributed by atoms with E-state index >= 15 is 0 Å². The summed E-state index contributed by atoms with van der Waals surface area (Å²) in [5.41, 5.74) is 1.04. The van der Waals surface area contributed by atoms with Gasteiger partial charge in [-0.1, -0.05) is 12.7 Å². The minimum Gasteiger partial charge on any atom is -0.464 e. The summed E-state index contributed by atoms with van der Waals surface area (Å²) in [6.45, 7) is 10.8. The number of methoxy groups -OCH3 is 1. The minimum atomic E-state index is -0.553. The second kappa shape index (κ2) is 6.44. The van der Waals surface area contributed by atoms with Gasteiger partial charge in [0.1, 0.15) is 5.60 Å². The van der Waals surface area contributed by atoms with Crippen molar-refractivity contribution < 1.29 is 19.1 Å². The Labute approximate surface area is 135 Å². The Bertz CT molecular complexity index is 628. The SMILES string of the molecule is C=Cc1c(C(=O)OC)nn2c1CN(C(=O)OC(C)(C)C)CCC2. The zero-order valence-corrected chi connectivity index (χ0v) is 14.1. The second-order valence-electron chi connectivity index (χ2n) is 6.38. The number of ether oxygens (including phenoxy) is 2. The Morgan fingerprint density at radius 3 is 2.57 bits per heavy atom. The van der Waals surface area contributed by atoms with Gasteiger partial charge in [0, 0.05) is 18.7 Å². The Kier molecular flexibility index (Phi) is 4.77. The van der Waals surface area contributed by atoms with E-state index in [0.717, 1.165) is 12.1 Å². The fourth-order valence-corrected chi connectivity index (χ4v) is 2.48. The third-order valence-corrected chi connectivity index (χ3v) is 3.47. The number of aryl methyl sites for hydroxylation is 1. The molecule has 0 spiro atoms. The fraction of sp³-hybridized carbons (Fsp3) is 0.562. The van der Waals surface area contributed by atoms with Crippen molar-refractivity contribution in [2.45, 2.75) is 45.9 Å². The highest BCUT2D eigenvalue weighted by molar-refractivity contribution is 5.91. The van der Waals surface area contributed by atoms with Crippen molar-refractivity contribution in [1.29, 1.82) is 0 Å². The summed E-state index contributed by atoms with van der Waals surface area (Å²) < 4.78 is 11.9. The lowest BCUT2D eigenvalue weighted by atomic mass is 10.1. The summed E-state index contributed by atoms with van der Waals surface area (Å²) >= 11 is 0. The number of hydrogen-bond donors (Lipinski definition) is 0. The Hall–Kier alpha value is -2.31. The van der Waals surface area contributed by atoms with Crippen molar-refractivity contribution in [3.05, 3.63) is 23.5 Å². The monoisotopic (exact) mass is 321 g/mol. The normalized spacial score (nSPS) is 14.7. The van der Waals surface area contributed by atoms with Crippen molar-refractivity contribution in [2.24, 2.45) is 0 Å². The molecule has 7 nitrogen and oxygen atoms in total. The zero-order chi connectivity index (χ0) is 17.2. The van der Waals surface area contributed by atoms with Crippen LogP contribution < -0.4 is 0 Å². The maximum atomic E-state index is 12.3. The largest absolute Gasteiger partial charge is 0.464 e. The number of aromatic nitrogens is 2. The molecule has 126 valence electrons. The van der Waals surface area contributed by atoms with Gasteiger partial charge >= 0.3 is 12.1 Å². The van der Waals surface area contributed by atoms with E-state index in [9.17, 15) is 9.59 Å². The molecule has 0 saturated heterocycles. The lowest BCUT2D eigenvalue weighted by Gasteiger charge is -2.26. The molecule has 7 heteroatoms. The van der Waals surface area contributed by atoms with E-state index in [1.807, 2.05) is 20.8 Å². The van der Waals surface area contributed by atoms with Crippen molar-refractivity contribution >= 4 is 18.1 Å². The Morgan fingerprint density at radius 1 is 1.30 bits per heavy atom. The van der Waals surface area contributed by atoms with Gasteiger partial charge in [-0.2, -0.15) is 5.10 Å². The lowest BCUT2D eigenvalue weighted by Crippen LogP contribution is -2.36. The van der Waals surface area contributed by atoms with Crippen LogP contribution in [0, 0.1) is 0 Å². The van der Waals surface area contributed by atoms with Crippen molar-refractivity contribution in [3.8, 4) is 0 Å². The van der Waals surface area contributed by atoms with Crippen LogP contribution in [-0.4, -0.2) is 46.0 Å². The zero-order valence-electron chi connectivity index (χ0n) is 14.1. The first-order valence-electron chi connectivity index (χ1n) is 7.55. The molecule has 0 atom stereocenters. The van der Waals surface area contributed by atoms with Gasteiger partial charge < -0.3 is 14.4 Å². The number of carbonyl (C=O) groups is 2. The minimum absolute atomic E-state index is 0.225. The fourth-order valence-electron chi connectivity index (χ4n) is 2.48. The van der Waals surface area contributed by atoms with Gasteiger partial charge in [-0.15, -0.1) is 0 Å². The molecule has 0 aromatic carbocycles. The van der Waals surface area contributed by atoms with Crippen LogP contribution in [0.2, 0.25) is 0 Å². The summed E-state index contributed by atoms with van der Waals surface area (Å²) in [6, 6.07) is 0. The molecule has 0 radical (unpaired) electrons. The first kappa shape index (κ1) is 17.1. The highest BCUT2D eigenvalue weighted by Gasteiger charge is 2.29. The quantitative estimate of drug-likeness (QED) is 0.782. The highest BCUT2D eigenvalue weighted by atomic mass is 16.6. The first-order chi connectivity index (χ1) is 10.8. The highest BCUT2D eigenvalue weighted by Crippen LogP contribution is 2.23. The number of hydrogen-bond acceptors (Lipinski definition) is 5. The van der Waals surface area contributed by atoms with Crippen LogP contribution in [0.3, 0.4) is 0 Å². The molecule has 1 aliphatic rings. The second-order valence-corrected chi connectivity index (χ2v) is 6.38. The Balaban J connectivity index is 2.32. The molecule has 2 rings (SSSR count). The maximum absolute atomic E-state index is 12.3. The number of amides is 1. The summed E-state index contributed by atoms with van der Waals surface area (Å²) in [4.78, 5) is 25.8. The van der Waals surface area contributed by atoms with E-state index in [1.165, 1.54) is 7.11 Å². The van der Waals surface area contributed by atoms with Gasteiger partial charge in [-0.3, -0.25) is 4.68 Å². The van der Waals surface area contributed by atoms with Crippen LogP contribution in [-0.2, 0) is 22.6 Å². The molecule has 1 amide bonds.